The van der Waals surface area contributed by atoms with Crippen LogP contribution in [0.2, 0.25) is 0 Å². The number of piperidine rings is 1. The number of nitrogens with one attached hydrogen (secondary N) is 1. The number of para-hydroxylation sites is 1. The van der Waals surface area contributed by atoms with Crippen molar-refractivity contribution in [1.29, 1.82) is 0 Å². The minimum absolute atomic E-state index is 0. The van der Waals surface area contributed by atoms with Crippen molar-refractivity contribution in [2.75, 3.05) is 33.3 Å². The van der Waals surface area contributed by atoms with Gasteiger partial charge in [0.15, 0.2) is 0 Å². The molecule has 1 amide bonds. The van der Waals surface area contributed by atoms with Crippen molar-refractivity contribution in [2.45, 2.75) is 19.3 Å². The summed E-state index contributed by atoms with van der Waals surface area (Å²) in [6.45, 7) is 3.13. The lowest BCUT2D eigenvalue weighted by molar-refractivity contribution is -0.133. The molecule has 146 valence electrons. The average molecular weight is 389 g/mol. The molecular weight excluding hydrogens is 360 g/mol. The first kappa shape index (κ1) is 21.3. The van der Waals surface area contributed by atoms with Crippen LogP contribution in [-0.2, 0) is 4.79 Å². The quantitative estimate of drug-likeness (QED) is 0.779. The van der Waals surface area contributed by atoms with Crippen molar-refractivity contribution in [1.82, 2.24) is 10.2 Å². The highest BCUT2D eigenvalue weighted by Crippen LogP contribution is 2.29. The summed E-state index contributed by atoms with van der Waals surface area (Å²) in [6, 6.07) is 18.2. The van der Waals surface area contributed by atoms with E-state index in [1.807, 2.05) is 48.3 Å². The van der Waals surface area contributed by atoms with Crippen LogP contribution < -0.4 is 10.1 Å². The first-order chi connectivity index (χ1) is 12.8. The molecule has 1 fully saturated rings. The van der Waals surface area contributed by atoms with E-state index >= 15 is 0 Å². The van der Waals surface area contributed by atoms with Gasteiger partial charge in [-0.3, -0.25) is 4.79 Å². The molecule has 4 nitrogen and oxygen atoms in total. The van der Waals surface area contributed by atoms with E-state index < -0.39 is 0 Å². The van der Waals surface area contributed by atoms with Crippen molar-refractivity contribution in [3.05, 3.63) is 54.6 Å². The Morgan fingerprint density at radius 1 is 1.15 bits per heavy atom. The Labute approximate surface area is 168 Å². The van der Waals surface area contributed by atoms with E-state index in [-0.39, 0.29) is 18.3 Å². The lowest BCUT2D eigenvalue weighted by Crippen LogP contribution is -2.42. The number of halogens is 1. The standard InChI is InChI=1S/C22H28N2O2.ClH/c1-23-16-18-8-7-14-24(17-18)22(25)13-15-26-21-12-6-5-11-20(21)19-9-3-2-4-10-19;/h2-6,9-12,18,23H,7-8,13-17H2,1H3;1H. The molecule has 0 aliphatic carbocycles. The van der Waals surface area contributed by atoms with E-state index in [1.165, 1.54) is 6.42 Å². The minimum atomic E-state index is 0. The first-order valence-electron chi connectivity index (χ1n) is 9.47. The fourth-order valence-electron chi connectivity index (χ4n) is 3.60. The number of hydrogen-bond donors (Lipinski definition) is 1. The molecule has 3 rings (SSSR count). The van der Waals surface area contributed by atoms with Gasteiger partial charge >= 0.3 is 0 Å². The van der Waals surface area contributed by atoms with Crippen LogP contribution in [0.15, 0.2) is 54.6 Å². The number of nitrogens with zero attached hydrogens (tertiary/aromatic N) is 1. The zero-order chi connectivity index (χ0) is 18.2. The summed E-state index contributed by atoms with van der Waals surface area (Å²) in [7, 11) is 1.97. The van der Waals surface area contributed by atoms with E-state index in [0.717, 1.165) is 42.9 Å². The van der Waals surface area contributed by atoms with Crippen LogP contribution >= 0.6 is 12.4 Å². The minimum Gasteiger partial charge on any atom is -0.492 e. The summed E-state index contributed by atoms with van der Waals surface area (Å²) >= 11 is 0. The van der Waals surface area contributed by atoms with Gasteiger partial charge in [0, 0.05) is 18.7 Å². The summed E-state index contributed by atoms with van der Waals surface area (Å²) < 4.78 is 5.97. The van der Waals surface area contributed by atoms with Gasteiger partial charge in [-0.05, 0) is 44.0 Å². The lowest BCUT2D eigenvalue weighted by atomic mass is 9.98. The van der Waals surface area contributed by atoms with Crippen molar-refractivity contribution >= 4 is 18.3 Å². The largest absolute Gasteiger partial charge is 0.492 e. The molecule has 1 heterocycles. The highest BCUT2D eigenvalue weighted by molar-refractivity contribution is 5.85. The second-order valence-corrected chi connectivity index (χ2v) is 6.87. The third kappa shape index (κ3) is 5.98. The average Bonchev–Trinajstić information content (AvgIpc) is 2.69. The van der Waals surface area contributed by atoms with E-state index in [0.29, 0.717) is 18.9 Å². The van der Waals surface area contributed by atoms with Gasteiger partial charge in [0.25, 0.3) is 0 Å². The van der Waals surface area contributed by atoms with Crippen molar-refractivity contribution in [3.63, 3.8) is 0 Å². The number of rotatable bonds is 7. The molecule has 0 saturated carbocycles. The molecule has 2 aromatic rings. The molecule has 1 N–H and O–H groups in total. The Balaban J connectivity index is 0.00000261. The Morgan fingerprint density at radius 2 is 1.89 bits per heavy atom. The number of benzene rings is 2. The van der Waals surface area contributed by atoms with Gasteiger partial charge in [0.05, 0.1) is 13.0 Å². The van der Waals surface area contributed by atoms with Crippen LogP contribution in [0.5, 0.6) is 5.75 Å². The van der Waals surface area contributed by atoms with Gasteiger partial charge in [-0.2, -0.15) is 0 Å². The molecule has 27 heavy (non-hydrogen) atoms. The maximum atomic E-state index is 12.5. The number of carbonyl (C=O) groups excluding carboxylic acids is 1. The van der Waals surface area contributed by atoms with E-state index in [1.54, 1.807) is 0 Å². The second kappa shape index (κ2) is 11.0. The summed E-state index contributed by atoms with van der Waals surface area (Å²) in [4.78, 5) is 14.5. The van der Waals surface area contributed by atoms with Gasteiger partial charge in [0.2, 0.25) is 5.91 Å². The Kier molecular flexibility index (Phi) is 8.62. The summed E-state index contributed by atoms with van der Waals surface area (Å²) in [5, 5.41) is 3.22. The molecule has 0 radical (unpaired) electrons. The van der Waals surface area contributed by atoms with Crippen LogP contribution in [0.3, 0.4) is 0 Å². The zero-order valence-corrected chi connectivity index (χ0v) is 16.7. The van der Waals surface area contributed by atoms with Gasteiger partial charge in [-0.25, -0.2) is 0 Å². The van der Waals surface area contributed by atoms with Crippen molar-refractivity contribution in [3.8, 4) is 16.9 Å². The molecular formula is C22H29ClN2O2. The number of carbonyl (C=O) groups is 1. The third-order valence-electron chi connectivity index (χ3n) is 4.91. The predicted molar refractivity (Wildman–Crippen MR) is 112 cm³/mol. The topological polar surface area (TPSA) is 41.6 Å². The SMILES string of the molecule is CNCC1CCCN(C(=O)CCOc2ccccc2-c2ccccc2)C1.Cl. The van der Waals surface area contributed by atoms with E-state index in [9.17, 15) is 4.79 Å². The predicted octanol–water partition coefficient (Wildman–Crippen LogP) is 4.00. The van der Waals surface area contributed by atoms with Gasteiger partial charge in [-0.15, -0.1) is 12.4 Å². The number of amides is 1. The lowest BCUT2D eigenvalue weighted by Gasteiger charge is -2.32. The van der Waals surface area contributed by atoms with E-state index in [2.05, 4.69) is 23.5 Å². The Hall–Kier alpha value is -2.04. The number of hydrogen-bond acceptors (Lipinski definition) is 3. The van der Waals surface area contributed by atoms with Crippen LogP contribution in [0.25, 0.3) is 11.1 Å². The van der Waals surface area contributed by atoms with Gasteiger partial charge < -0.3 is 15.0 Å². The molecule has 0 spiro atoms. The molecule has 1 unspecified atom stereocenters. The third-order valence-corrected chi connectivity index (χ3v) is 4.91. The summed E-state index contributed by atoms with van der Waals surface area (Å²) in [5.74, 6) is 1.60. The smallest absolute Gasteiger partial charge is 0.226 e. The van der Waals surface area contributed by atoms with Gasteiger partial charge in [-0.1, -0.05) is 48.5 Å². The summed E-state index contributed by atoms with van der Waals surface area (Å²) in [6.07, 6.45) is 2.72. The maximum absolute atomic E-state index is 12.5. The van der Waals surface area contributed by atoms with Crippen LogP contribution in [0.4, 0.5) is 0 Å². The fraction of sp³-hybridized carbons (Fsp3) is 0.409. The fourth-order valence-corrected chi connectivity index (χ4v) is 3.60. The second-order valence-electron chi connectivity index (χ2n) is 6.87. The van der Waals surface area contributed by atoms with Crippen LogP contribution in [0.1, 0.15) is 19.3 Å². The molecule has 1 aliphatic heterocycles. The maximum Gasteiger partial charge on any atom is 0.226 e. The van der Waals surface area contributed by atoms with Crippen LogP contribution in [0, 0.1) is 5.92 Å². The molecule has 1 atom stereocenters. The van der Waals surface area contributed by atoms with E-state index in [4.69, 9.17) is 4.74 Å². The summed E-state index contributed by atoms with van der Waals surface area (Å²) in [5.41, 5.74) is 2.19. The molecule has 1 aliphatic rings. The Bertz CT molecular complexity index is 706. The molecule has 0 aromatic heterocycles. The highest BCUT2D eigenvalue weighted by Gasteiger charge is 2.23. The normalized spacial score (nSPS) is 16.5. The van der Waals surface area contributed by atoms with Gasteiger partial charge in [0.1, 0.15) is 5.75 Å². The molecule has 5 heteroatoms. The Morgan fingerprint density at radius 3 is 2.67 bits per heavy atom. The molecule has 0 bridgehead atoms. The highest BCUT2D eigenvalue weighted by atomic mass is 35.5. The molecule has 2 aromatic carbocycles. The van der Waals surface area contributed by atoms with Crippen LogP contribution in [-0.4, -0.2) is 44.1 Å². The zero-order valence-electron chi connectivity index (χ0n) is 15.9. The molecule has 1 saturated heterocycles. The monoisotopic (exact) mass is 388 g/mol. The first-order valence-corrected chi connectivity index (χ1v) is 9.47. The number of ether oxygens (including phenoxy) is 1. The van der Waals surface area contributed by atoms with Crippen molar-refractivity contribution in [2.24, 2.45) is 5.92 Å². The van der Waals surface area contributed by atoms with Crippen molar-refractivity contribution < 1.29 is 9.53 Å². The number of likely N-dealkylation sites (tertiary alicyclic amines) is 1.